The lowest BCUT2D eigenvalue weighted by Crippen LogP contribution is -2.45. The monoisotopic (exact) mass is 317 g/mol. The fourth-order valence-electron chi connectivity index (χ4n) is 2.86. The van der Waals surface area contributed by atoms with Gasteiger partial charge in [-0.2, -0.15) is 0 Å². The van der Waals surface area contributed by atoms with E-state index in [4.69, 9.17) is 10.5 Å². The molecule has 1 heterocycles. The molecule has 3 rings (SSSR count). The third-order valence-electron chi connectivity index (χ3n) is 4.32. The van der Waals surface area contributed by atoms with Gasteiger partial charge in [-0.25, -0.2) is 0 Å². The summed E-state index contributed by atoms with van der Waals surface area (Å²) in [4.78, 5) is 25.7. The molecule has 124 valence electrons. The van der Waals surface area contributed by atoms with Crippen molar-refractivity contribution in [3.63, 3.8) is 0 Å². The summed E-state index contributed by atoms with van der Waals surface area (Å²) < 4.78 is 5.42. The minimum Gasteiger partial charge on any atom is -0.378 e. The Labute approximate surface area is 136 Å². The molecule has 2 amide bonds. The summed E-state index contributed by atoms with van der Waals surface area (Å²) in [6.07, 6.45) is 2.61. The number of nitrogens with one attached hydrogen (secondary N) is 1. The van der Waals surface area contributed by atoms with Crippen LogP contribution in [0.5, 0.6) is 0 Å². The molecule has 0 aromatic heterocycles. The Hall–Kier alpha value is -1.92. The molecule has 1 unspecified atom stereocenters. The summed E-state index contributed by atoms with van der Waals surface area (Å²) in [6, 6.07) is 7.61. The molecule has 1 saturated carbocycles. The van der Waals surface area contributed by atoms with Gasteiger partial charge in [0.15, 0.2) is 0 Å². The molecule has 23 heavy (non-hydrogen) atoms. The number of rotatable bonds is 6. The molecule has 6 nitrogen and oxygen atoms in total. The van der Waals surface area contributed by atoms with Crippen molar-refractivity contribution in [3.05, 3.63) is 35.4 Å². The summed E-state index contributed by atoms with van der Waals surface area (Å²) in [5.74, 6) is -0.274. The van der Waals surface area contributed by atoms with Crippen molar-refractivity contribution in [1.82, 2.24) is 10.2 Å². The van der Waals surface area contributed by atoms with Crippen LogP contribution < -0.4 is 11.1 Å². The predicted octanol–water partition coefficient (Wildman–Crippen LogP) is 0.655. The maximum atomic E-state index is 12.6. The zero-order valence-corrected chi connectivity index (χ0v) is 13.2. The molecule has 0 spiro atoms. The maximum absolute atomic E-state index is 12.6. The molecule has 1 atom stereocenters. The topological polar surface area (TPSA) is 84.7 Å². The summed E-state index contributed by atoms with van der Waals surface area (Å²) in [5, 5.41) is 3.32. The average Bonchev–Trinajstić information content (AvgIpc) is 3.38. The first-order chi connectivity index (χ1) is 11.1. The van der Waals surface area contributed by atoms with Gasteiger partial charge in [-0.1, -0.05) is 12.1 Å². The molecule has 1 aliphatic heterocycles. The van der Waals surface area contributed by atoms with E-state index in [0.717, 1.165) is 24.9 Å². The number of amides is 2. The van der Waals surface area contributed by atoms with Crippen LogP contribution in [-0.2, 0) is 16.1 Å². The van der Waals surface area contributed by atoms with Crippen LogP contribution in [0.15, 0.2) is 24.3 Å². The maximum Gasteiger partial charge on any atom is 0.248 e. The van der Waals surface area contributed by atoms with E-state index in [1.165, 1.54) is 0 Å². The van der Waals surface area contributed by atoms with Gasteiger partial charge in [-0.05, 0) is 30.5 Å². The number of carbonyl (C=O) groups excluding carboxylic acids is 2. The van der Waals surface area contributed by atoms with Gasteiger partial charge in [-0.15, -0.1) is 0 Å². The van der Waals surface area contributed by atoms with E-state index in [0.29, 0.717) is 37.8 Å². The fraction of sp³-hybridized carbons (Fsp3) is 0.529. The van der Waals surface area contributed by atoms with Gasteiger partial charge in [0.1, 0.15) is 0 Å². The van der Waals surface area contributed by atoms with Gasteiger partial charge in [0.05, 0.1) is 13.2 Å². The highest BCUT2D eigenvalue weighted by atomic mass is 16.5. The molecule has 2 aliphatic rings. The first-order valence-corrected chi connectivity index (χ1v) is 8.13. The van der Waals surface area contributed by atoms with E-state index in [1.807, 2.05) is 17.0 Å². The minimum atomic E-state index is -0.435. The van der Waals surface area contributed by atoms with E-state index in [9.17, 15) is 9.59 Å². The highest BCUT2D eigenvalue weighted by Crippen LogP contribution is 2.29. The summed E-state index contributed by atoms with van der Waals surface area (Å²) in [6.45, 7) is 2.69. The normalized spacial score (nSPS) is 21.0. The Morgan fingerprint density at radius 1 is 1.26 bits per heavy atom. The lowest BCUT2D eigenvalue weighted by molar-refractivity contribution is -0.133. The second kappa shape index (κ2) is 7.10. The van der Waals surface area contributed by atoms with Gasteiger partial charge in [0.2, 0.25) is 11.8 Å². The number of primary amides is 1. The van der Waals surface area contributed by atoms with Gasteiger partial charge in [0.25, 0.3) is 0 Å². The zero-order chi connectivity index (χ0) is 16.2. The zero-order valence-electron chi connectivity index (χ0n) is 13.2. The van der Waals surface area contributed by atoms with Crippen molar-refractivity contribution in [1.29, 1.82) is 0 Å². The Morgan fingerprint density at radius 2 is 2.00 bits per heavy atom. The van der Waals surface area contributed by atoms with Gasteiger partial charge in [0, 0.05) is 37.2 Å². The minimum absolute atomic E-state index is 0.106. The number of benzene rings is 1. The highest BCUT2D eigenvalue weighted by molar-refractivity contribution is 5.92. The van der Waals surface area contributed by atoms with Gasteiger partial charge >= 0.3 is 0 Å². The number of ether oxygens (including phenoxy) is 1. The lowest BCUT2D eigenvalue weighted by atomic mass is 10.1. The SMILES string of the molecule is NC(=O)c1ccc(CN(C(=O)CC2COCCN2)C2CC2)cc1. The number of nitrogens with zero attached hydrogens (tertiary/aromatic N) is 1. The smallest absolute Gasteiger partial charge is 0.248 e. The van der Waals surface area contributed by atoms with Gasteiger partial charge in [-0.3, -0.25) is 9.59 Å². The summed E-state index contributed by atoms with van der Waals surface area (Å²) in [5.41, 5.74) is 6.76. The molecule has 6 heteroatoms. The first-order valence-electron chi connectivity index (χ1n) is 8.13. The van der Waals surface area contributed by atoms with E-state index in [1.54, 1.807) is 12.1 Å². The van der Waals surface area contributed by atoms with Crippen LogP contribution in [0.1, 0.15) is 35.2 Å². The summed E-state index contributed by atoms with van der Waals surface area (Å²) in [7, 11) is 0. The van der Waals surface area contributed by atoms with Crippen LogP contribution in [0.4, 0.5) is 0 Å². The average molecular weight is 317 g/mol. The molecule has 0 bridgehead atoms. The van der Waals surface area contributed by atoms with Crippen LogP contribution in [0.25, 0.3) is 0 Å². The van der Waals surface area contributed by atoms with Crippen molar-refractivity contribution in [2.45, 2.75) is 37.9 Å². The largest absolute Gasteiger partial charge is 0.378 e. The van der Waals surface area contributed by atoms with Crippen molar-refractivity contribution in [2.24, 2.45) is 5.73 Å². The number of morpholine rings is 1. The number of carbonyl (C=O) groups is 2. The quantitative estimate of drug-likeness (QED) is 0.807. The Balaban J connectivity index is 1.61. The van der Waals surface area contributed by atoms with Crippen molar-refractivity contribution in [3.8, 4) is 0 Å². The molecule has 1 aliphatic carbocycles. The lowest BCUT2D eigenvalue weighted by Gasteiger charge is -2.28. The van der Waals surface area contributed by atoms with Crippen molar-refractivity contribution in [2.75, 3.05) is 19.8 Å². The Morgan fingerprint density at radius 3 is 2.57 bits per heavy atom. The van der Waals surface area contributed by atoms with Crippen LogP contribution in [0.2, 0.25) is 0 Å². The number of hydrogen-bond donors (Lipinski definition) is 2. The first kappa shape index (κ1) is 16.0. The molecular weight excluding hydrogens is 294 g/mol. The van der Waals surface area contributed by atoms with Crippen molar-refractivity contribution >= 4 is 11.8 Å². The fourth-order valence-corrected chi connectivity index (χ4v) is 2.86. The van der Waals surface area contributed by atoms with E-state index >= 15 is 0 Å². The van der Waals surface area contributed by atoms with Gasteiger partial charge < -0.3 is 20.7 Å². The third-order valence-corrected chi connectivity index (χ3v) is 4.32. The second-order valence-electron chi connectivity index (χ2n) is 6.24. The molecule has 0 radical (unpaired) electrons. The van der Waals surface area contributed by atoms with Crippen LogP contribution in [0.3, 0.4) is 0 Å². The molecule has 1 aromatic carbocycles. The number of hydrogen-bond acceptors (Lipinski definition) is 4. The molecule has 3 N–H and O–H groups in total. The summed E-state index contributed by atoms with van der Waals surface area (Å²) >= 11 is 0. The van der Waals surface area contributed by atoms with Crippen LogP contribution in [-0.4, -0.2) is 48.6 Å². The highest BCUT2D eigenvalue weighted by Gasteiger charge is 2.33. The number of nitrogens with two attached hydrogens (primary N) is 1. The van der Waals surface area contributed by atoms with E-state index < -0.39 is 5.91 Å². The Bertz CT molecular complexity index is 563. The van der Waals surface area contributed by atoms with E-state index in [2.05, 4.69) is 5.32 Å². The van der Waals surface area contributed by atoms with Crippen LogP contribution >= 0.6 is 0 Å². The molecule has 2 fully saturated rings. The molecule has 1 aromatic rings. The second-order valence-corrected chi connectivity index (χ2v) is 6.24. The predicted molar refractivity (Wildman–Crippen MR) is 85.8 cm³/mol. The molecule has 1 saturated heterocycles. The standard InChI is InChI=1S/C17H23N3O3/c18-17(22)13-3-1-12(2-4-13)10-20(15-5-6-15)16(21)9-14-11-23-8-7-19-14/h1-4,14-15,19H,5-11H2,(H2,18,22). The Kier molecular flexibility index (Phi) is 4.93. The van der Waals surface area contributed by atoms with E-state index in [-0.39, 0.29) is 11.9 Å². The molecular formula is C17H23N3O3. The van der Waals surface area contributed by atoms with Crippen LogP contribution in [0, 0.1) is 0 Å². The third kappa shape index (κ3) is 4.30. The van der Waals surface area contributed by atoms with Crippen molar-refractivity contribution < 1.29 is 14.3 Å².